The monoisotopic (exact) mass is 281 g/mol. The number of carbonyl (C=O) groups is 2. The molecule has 0 aliphatic carbocycles. The standard InChI is InChI=1S/C13H15NO4S/c1-10(15)13(18-8-9-19(13)17)12(16)14(2)11-6-4-3-5-7-11/h3-7H,8-9H2,1-2H3/t13-,19?/m1/s1. The minimum atomic E-state index is -1.84. The Balaban J connectivity index is 2.37. The molecule has 2 atom stereocenters. The van der Waals surface area contributed by atoms with E-state index in [9.17, 15) is 13.8 Å². The molecule has 102 valence electrons. The smallest absolute Gasteiger partial charge is 0.280 e. The van der Waals surface area contributed by atoms with Gasteiger partial charge in [0.15, 0.2) is 5.78 Å². The second-order valence-corrected chi connectivity index (χ2v) is 5.94. The summed E-state index contributed by atoms with van der Waals surface area (Å²) < 4.78 is 17.3. The molecule has 1 unspecified atom stereocenters. The highest BCUT2D eigenvalue weighted by Crippen LogP contribution is 2.28. The van der Waals surface area contributed by atoms with Gasteiger partial charge in [-0.2, -0.15) is 0 Å². The van der Waals surface area contributed by atoms with Crippen molar-refractivity contribution in [3.05, 3.63) is 30.3 Å². The van der Waals surface area contributed by atoms with Crippen LogP contribution in [0.15, 0.2) is 30.3 Å². The van der Waals surface area contributed by atoms with E-state index < -0.39 is 27.4 Å². The molecule has 1 aliphatic heterocycles. The predicted molar refractivity (Wildman–Crippen MR) is 72.2 cm³/mol. The summed E-state index contributed by atoms with van der Waals surface area (Å²) in [7, 11) is -0.0939. The third-order valence-corrected chi connectivity index (χ3v) is 4.85. The van der Waals surface area contributed by atoms with E-state index in [2.05, 4.69) is 0 Å². The van der Waals surface area contributed by atoms with Crippen molar-refractivity contribution in [2.75, 3.05) is 24.3 Å². The first-order valence-corrected chi connectivity index (χ1v) is 7.18. The van der Waals surface area contributed by atoms with Crippen molar-refractivity contribution in [2.24, 2.45) is 0 Å². The Morgan fingerprint density at radius 1 is 1.32 bits per heavy atom. The van der Waals surface area contributed by atoms with Gasteiger partial charge >= 0.3 is 0 Å². The van der Waals surface area contributed by atoms with Gasteiger partial charge in [-0.05, 0) is 19.1 Å². The van der Waals surface area contributed by atoms with Gasteiger partial charge in [0.25, 0.3) is 10.8 Å². The number of hydrogen-bond donors (Lipinski definition) is 0. The summed E-state index contributed by atoms with van der Waals surface area (Å²) in [6.07, 6.45) is 0. The van der Waals surface area contributed by atoms with Crippen molar-refractivity contribution >= 4 is 28.2 Å². The molecule has 19 heavy (non-hydrogen) atoms. The molecular formula is C13H15NO4S. The van der Waals surface area contributed by atoms with Gasteiger partial charge in [0, 0.05) is 12.7 Å². The van der Waals surface area contributed by atoms with Crippen LogP contribution in [-0.2, 0) is 25.1 Å². The SMILES string of the molecule is CC(=O)[C@@]1(C(=O)N(C)c2ccccc2)OCCS1=O. The number of carbonyl (C=O) groups excluding carboxylic acids is 2. The van der Waals surface area contributed by atoms with Gasteiger partial charge in [0.05, 0.1) is 23.2 Å². The van der Waals surface area contributed by atoms with Crippen LogP contribution in [0.5, 0.6) is 0 Å². The lowest BCUT2D eigenvalue weighted by Gasteiger charge is -2.28. The second kappa shape index (κ2) is 5.22. The minimum Gasteiger partial charge on any atom is -0.346 e. The molecule has 1 saturated heterocycles. The maximum Gasteiger partial charge on any atom is 0.280 e. The fourth-order valence-electron chi connectivity index (χ4n) is 2.03. The van der Waals surface area contributed by atoms with Crippen LogP contribution in [-0.4, -0.2) is 40.2 Å². The van der Waals surface area contributed by atoms with Gasteiger partial charge in [-0.15, -0.1) is 0 Å². The lowest BCUT2D eigenvalue weighted by Crippen LogP contribution is -2.54. The van der Waals surface area contributed by atoms with Gasteiger partial charge in [-0.1, -0.05) is 18.2 Å². The van der Waals surface area contributed by atoms with Crippen molar-refractivity contribution in [1.29, 1.82) is 0 Å². The Hall–Kier alpha value is -1.53. The lowest BCUT2D eigenvalue weighted by molar-refractivity contribution is -0.143. The summed E-state index contributed by atoms with van der Waals surface area (Å²) in [6.45, 7) is 1.39. The minimum absolute atomic E-state index is 0.153. The average molecular weight is 281 g/mol. The molecule has 1 fully saturated rings. The molecule has 0 radical (unpaired) electrons. The van der Waals surface area contributed by atoms with E-state index in [1.165, 1.54) is 11.8 Å². The zero-order valence-electron chi connectivity index (χ0n) is 10.8. The number of ketones is 1. The first-order valence-electron chi connectivity index (χ1n) is 5.87. The van der Waals surface area contributed by atoms with Crippen molar-refractivity contribution in [3.63, 3.8) is 0 Å². The van der Waals surface area contributed by atoms with E-state index in [0.717, 1.165) is 0 Å². The average Bonchev–Trinajstić information content (AvgIpc) is 2.81. The number of Topliss-reactive ketones (excluding diaryl/α,β-unsaturated/α-hetero) is 1. The molecule has 1 aliphatic rings. The molecule has 6 heteroatoms. The molecule has 0 saturated carbocycles. The van der Waals surface area contributed by atoms with E-state index in [-0.39, 0.29) is 12.4 Å². The third kappa shape index (κ3) is 2.21. The van der Waals surface area contributed by atoms with E-state index in [4.69, 9.17) is 4.74 Å². The summed E-state index contributed by atoms with van der Waals surface area (Å²) in [4.78, 5) is 23.8. The summed E-state index contributed by atoms with van der Waals surface area (Å²) in [5.74, 6) is -0.897. The van der Waals surface area contributed by atoms with Crippen molar-refractivity contribution < 1.29 is 18.5 Å². The highest BCUT2D eigenvalue weighted by molar-refractivity contribution is 7.88. The number of likely N-dealkylation sites (N-methyl/N-ethyl adjacent to an activating group) is 1. The molecule has 1 aromatic carbocycles. The Morgan fingerprint density at radius 3 is 2.42 bits per heavy atom. The maximum atomic E-state index is 12.5. The second-order valence-electron chi connectivity index (χ2n) is 4.27. The van der Waals surface area contributed by atoms with Crippen LogP contribution in [0.25, 0.3) is 0 Å². The number of nitrogens with zero attached hydrogens (tertiary/aromatic N) is 1. The Morgan fingerprint density at radius 2 is 1.95 bits per heavy atom. The number of hydrogen-bond acceptors (Lipinski definition) is 4. The van der Waals surface area contributed by atoms with E-state index >= 15 is 0 Å². The molecule has 1 heterocycles. The predicted octanol–water partition coefficient (Wildman–Crippen LogP) is 0.714. The zero-order valence-corrected chi connectivity index (χ0v) is 11.6. The lowest BCUT2D eigenvalue weighted by atomic mass is 10.2. The molecule has 1 aromatic rings. The Labute approximate surface area is 114 Å². The molecular weight excluding hydrogens is 266 g/mol. The summed E-state index contributed by atoms with van der Waals surface area (Å²) in [5.41, 5.74) is 0.626. The zero-order chi connectivity index (χ0) is 14.0. The number of rotatable bonds is 3. The van der Waals surface area contributed by atoms with E-state index in [1.54, 1.807) is 31.3 Å². The van der Waals surface area contributed by atoms with Crippen LogP contribution in [0.2, 0.25) is 0 Å². The van der Waals surface area contributed by atoms with Gasteiger partial charge in [-0.3, -0.25) is 13.8 Å². The Bertz CT molecular complexity index is 531. The molecule has 0 spiro atoms. The van der Waals surface area contributed by atoms with Crippen molar-refractivity contribution in [3.8, 4) is 0 Å². The van der Waals surface area contributed by atoms with Gasteiger partial charge in [0.1, 0.15) is 0 Å². The molecule has 0 bridgehead atoms. The van der Waals surface area contributed by atoms with Crippen LogP contribution >= 0.6 is 0 Å². The van der Waals surface area contributed by atoms with Gasteiger partial charge in [-0.25, -0.2) is 0 Å². The third-order valence-electron chi connectivity index (χ3n) is 3.09. The van der Waals surface area contributed by atoms with Crippen LogP contribution < -0.4 is 4.90 Å². The normalized spacial score (nSPS) is 26.1. The van der Waals surface area contributed by atoms with Crippen LogP contribution in [0.4, 0.5) is 5.69 Å². The van der Waals surface area contributed by atoms with Crippen molar-refractivity contribution in [1.82, 2.24) is 0 Å². The van der Waals surface area contributed by atoms with Gasteiger partial charge < -0.3 is 9.64 Å². The molecule has 0 N–H and O–H groups in total. The number of benzene rings is 1. The summed E-state index contributed by atoms with van der Waals surface area (Å²) in [5, 5.41) is 0. The Kier molecular flexibility index (Phi) is 3.82. The first kappa shape index (κ1) is 13.9. The summed E-state index contributed by atoms with van der Waals surface area (Å²) in [6, 6.07) is 8.87. The first-order chi connectivity index (χ1) is 9.00. The van der Waals surface area contributed by atoms with Gasteiger partial charge in [0.2, 0.25) is 0 Å². The largest absolute Gasteiger partial charge is 0.346 e. The fourth-order valence-corrected chi connectivity index (χ4v) is 3.42. The number of para-hydroxylation sites is 1. The highest BCUT2D eigenvalue weighted by Gasteiger charge is 2.55. The van der Waals surface area contributed by atoms with Crippen LogP contribution in [0.1, 0.15) is 6.92 Å². The fraction of sp³-hybridized carbons (Fsp3) is 0.385. The van der Waals surface area contributed by atoms with E-state index in [0.29, 0.717) is 5.69 Å². The highest BCUT2D eigenvalue weighted by atomic mass is 32.2. The van der Waals surface area contributed by atoms with E-state index in [1.807, 2.05) is 6.07 Å². The summed E-state index contributed by atoms with van der Waals surface area (Å²) >= 11 is 0. The molecule has 1 amide bonds. The van der Waals surface area contributed by atoms with Crippen LogP contribution in [0.3, 0.4) is 0 Å². The number of anilines is 1. The van der Waals surface area contributed by atoms with Crippen LogP contribution in [0, 0.1) is 0 Å². The topological polar surface area (TPSA) is 63.7 Å². The molecule has 2 rings (SSSR count). The van der Waals surface area contributed by atoms with Crippen molar-refractivity contribution in [2.45, 2.75) is 11.9 Å². The number of ether oxygens (including phenoxy) is 1. The maximum absolute atomic E-state index is 12.5. The number of amides is 1. The molecule has 0 aromatic heterocycles. The quantitative estimate of drug-likeness (QED) is 0.766. The molecule has 5 nitrogen and oxygen atoms in total.